The molecule has 7 nitrogen and oxygen atoms in total. The van der Waals surface area contributed by atoms with Crippen molar-refractivity contribution in [3.8, 4) is 0 Å². The summed E-state index contributed by atoms with van der Waals surface area (Å²) in [4.78, 5) is 36.6. The van der Waals surface area contributed by atoms with Crippen LogP contribution in [0.1, 0.15) is 37.6 Å². The third kappa shape index (κ3) is 5.98. The Morgan fingerprint density at radius 1 is 1.22 bits per heavy atom. The van der Waals surface area contributed by atoms with E-state index in [2.05, 4.69) is 10.6 Å². The number of carboxylic acid groups (broad SMARTS) is 1. The zero-order valence-electron chi connectivity index (χ0n) is 13.6. The first kappa shape index (κ1) is 18.5. The summed E-state index contributed by atoms with van der Waals surface area (Å²) in [7, 11) is 0. The van der Waals surface area contributed by atoms with Crippen molar-refractivity contribution in [2.24, 2.45) is 0 Å². The summed E-state index contributed by atoms with van der Waals surface area (Å²) in [5, 5.41) is 14.2. The van der Waals surface area contributed by atoms with Gasteiger partial charge < -0.3 is 20.6 Å². The Bertz CT molecular complexity index is 572. The van der Waals surface area contributed by atoms with Crippen LogP contribution in [-0.2, 0) is 4.79 Å². The predicted molar refractivity (Wildman–Crippen MR) is 87.6 cm³/mol. The maximum absolute atomic E-state index is 12.6. The Hall–Kier alpha value is -2.57. The average molecular weight is 321 g/mol. The Balaban J connectivity index is 2.99. The fraction of sp³-hybridized carbons (Fsp3) is 0.438. The lowest BCUT2D eigenvalue weighted by Gasteiger charge is -2.21. The molecular formula is C16H23N3O4. The van der Waals surface area contributed by atoms with Crippen molar-refractivity contribution in [3.63, 3.8) is 0 Å². The molecule has 1 rings (SSSR count). The number of aliphatic carboxylic acids is 1. The second kappa shape index (κ2) is 8.77. The summed E-state index contributed by atoms with van der Waals surface area (Å²) >= 11 is 0. The first-order valence-corrected chi connectivity index (χ1v) is 7.52. The molecule has 7 heteroatoms. The molecule has 0 heterocycles. The number of nitrogens with zero attached hydrogens (tertiary/aromatic N) is 1. The number of anilines is 1. The van der Waals surface area contributed by atoms with E-state index < -0.39 is 17.9 Å². The maximum Gasteiger partial charge on any atom is 0.323 e. The number of hydrogen-bond acceptors (Lipinski definition) is 3. The molecule has 0 bridgehead atoms. The van der Waals surface area contributed by atoms with Crippen LogP contribution in [-0.4, -0.2) is 47.0 Å². The number of benzene rings is 1. The minimum Gasteiger partial charge on any atom is -0.480 e. The van der Waals surface area contributed by atoms with Gasteiger partial charge in [-0.1, -0.05) is 19.1 Å². The van der Waals surface area contributed by atoms with Gasteiger partial charge in [0.05, 0.1) is 11.3 Å². The third-order valence-electron chi connectivity index (χ3n) is 2.93. The molecule has 23 heavy (non-hydrogen) atoms. The molecule has 0 spiro atoms. The molecule has 0 aliphatic rings. The van der Waals surface area contributed by atoms with E-state index in [1.54, 1.807) is 24.3 Å². The molecule has 1 aromatic carbocycles. The van der Waals surface area contributed by atoms with Crippen LogP contribution in [0.25, 0.3) is 0 Å². The summed E-state index contributed by atoms with van der Waals surface area (Å²) in [6.07, 6.45) is 0.641. The lowest BCUT2D eigenvalue weighted by molar-refractivity contribution is -0.137. The number of carbonyl (C=O) groups excluding carboxylic acids is 2. The van der Waals surface area contributed by atoms with Gasteiger partial charge in [0.25, 0.3) is 5.91 Å². The summed E-state index contributed by atoms with van der Waals surface area (Å²) in [5.74, 6) is -1.50. The zero-order chi connectivity index (χ0) is 17.4. The number of hydrogen-bond donors (Lipinski definition) is 3. The van der Waals surface area contributed by atoms with E-state index >= 15 is 0 Å². The first-order valence-electron chi connectivity index (χ1n) is 7.52. The van der Waals surface area contributed by atoms with Gasteiger partial charge >= 0.3 is 12.0 Å². The van der Waals surface area contributed by atoms with Gasteiger partial charge in [0.1, 0.15) is 6.54 Å². The zero-order valence-corrected chi connectivity index (χ0v) is 13.6. The smallest absolute Gasteiger partial charge is 0.323 e. The van der Waals surface area contributed by atoms with E-state index in [9.17, 15) is 14.4 Å². The number of carboxylic acids is 1. The number of rotatable bonds is 7. The SMILES string of the molecule is CCCN(CC(=O)O)C(=O)c1ccccc1NC(=O)NC(C)C. The number of nitrogens with one attached hydrogen (secondary N) is 2. The summed E-state index contributed by atoms with van der Waals surface area (Å²) in [5.41, 5.74) is 0.614. The molecule has 0 unspecified atom stereocenters. The van der Waals surface area contributed by atoms with Crippen molar-refractivity contribution in [2.45, 2.75) is 33.2 Å². The van der Waals surface area contributed by atoms with Crippen molar-refractivity contribution in [1.82, 2.24) is 10.2 Å². The van der Waals surface area contributed by atoms with Crippen molar-refractivity contribution in [1.29, 1.82) is 0 Å². The van der Waals surface area contributed by atoms with E-state index in [1.807, 2.05) is 20.8 Å². The summed E-state index contributed by atoms with van der Waals surface area (Å²) in [6.45, 7) is 5.47. The van der Waals surface area contributed by atoms with Crippen LogP contribution < -0.4 is 10.6 Å². The van der Waals surface area contributed by atoms with E-state index in [0.717, 1.165) is 0 Å². The van der Waals surface area contributed by atoms with E-state index in [4.69, 9.17) is 5.11 Å². The minimum atomic E-state index is -1.07. The molecule has 0 fully saturated rings. The van der Waals surface area contributed by atoms with Crippen LogP contribution in [0.5, 0.6) is 0 Å². The number of para-hydroxylation sites is 1. The molecule has 0 saturated carbocycles. The van der Waals surface area contributed by atoms with E-state index in [1.165, 1.54) is 4.90 Å². The Morgan fingerprint density at radius 2 is 1.87 bits per heavy atom. The quantitative estimate of drug-likeness (QED) is 0.716. The maximum atomic E-state index is 12.6. The van der Waals surface area contributed by atoms with Crippen molar-refractivity contribution < 1.29 is 19.5 Å². The van der Waals surface area contributed by atoms with Gasteiger partial charge in [0.15, 0.2) is 0 Å². The highest BCUT2D eigenvalue weighted by molar-refractivity contribution is 6.04. The molecule has 0 aliphatic heterocycles. The molecule has 3 amide bonds. The summed E-state index contributed by atoms with van der Waals surface area (Å²) < 4.78 is 0. The monoisotopic (exact) mass is 321 g/mol. The van der Waals surface area contributed by atoms with Gasteiger partial charge in [-0.3, -0.25) is 9.59 Å². The Labute approximate surface area is 135 Å². The predicted octanol–water partition coefficient (Wildman–Crippen LogP) is 2.15. The van der Waals surface area contributed by atoms with Crippen molar-refractivity contribution in [2.75, 3.05) is 18.4 Å². The van der Waals surface area contributed by atoms with Crippen LogP contribution in [0.2, 0.25) is 0 Å². The van der Waals surface area contributed by atoms with E-state index in [0.29, 0.717) is 18.7 Å². The molecule has 3 N–H and O–H groups in total. The highest BCUT2D eigenvalue weighted by Crippen LogP contribution is 2.17. The topological polar surface area (TPSA) is 98.7 Å². The van der Waals surface area contributed by atoms with Crippen molar-refractivity contribution in [3.05, 3.63) is 29.8 Å². The molecule has 0 atom stereocenters. The second-order valence-corrected chi connectivity index (χ2v) is 5.42. The molecule has 1 aromatic rings. The minimum absolute atomic E-state index is 0.0403. The highest BCUT2D eigenvalue weighted by Gasteiger charge is 2.21. The number of amides is 3. The van der Waals surface area contributed by atoms with Crippen LogP contribution in [0.15, 0.2) is 24.3 Å². The fourth-order valence-corrected chi connectivity index (χ4v) is 2.06. The first-order chi connectivity index (χ1) is 10.8. The number of carbonyl (C=O) groups is 3. The van der Waals surface area contributed by atoms with Crippen LogP contribution in [0.3, 0.4) is 0 Å². The lowest BCUT2D eigenvalue weighted by atomic mass is 10.1. The second-order valence-electron chi connectivity index (χ2n) is 5.42. The summed E-state index contributed by atoms with van der Waals surface area (Å²) in [6, 6.07) is 6.09. The highest BCUT2D eigenvalue weighted by atomic mass is 16.4. The average Bonchev–Trinajstić information content (AvgIpc) is 2.45. The third-order valence-corrected chi connectivity index (χ3v) is 2.93. The Morgan fingerprint density at radius 3 is 2.43 bits per heavy atom. The number of urea groups is 1. The van der Waals surface area contributed by atoms with Gasteiger partial charge in [-0.15, -0.1) is 0 Å². The lowest BCUT2D eigenvalue weighted by Crippen LogP contribution is -2.38. The van der Waals surface area contributed by atoms with Gasteiger partial charge in [0.2, 0.25) is 0 Å². The van der Waals surface area contributed by atoms with Crippen LogP contribution in [0, 0.1) is 0 Å². The molecule has 126 valence electrons. The molecule has 0 saturated heterocycles. The molecular weight excluding hydrogens is 298 g/mol. The van der Waals surface area contributed by atoms with Gasteiger partial charge in [0, 0.05) is 12.6 Å². The van der Waals surface area contributed by atoms with E-state index in [-0.39, 0.29) is 18.2 Å². The van der Waals surface area contributed by atoms with Crippen LogP contribution in [0.4, 0.5) is 10.5 Å². The fourth-order valence-electron chi connectivity index (χ4n) is 2.06. The van der Waals surface area contributed by atoms with Gasteiger partial charge in [-0.2, -0.15) is 0 Å². The van der Waals surface area contributed by atoms with Gasteiger partial charge in [-0.25, -0.2) is 4.79 Å². The normalized spacial score (nSPS) is 10.3. The van der Waals surface area contributed by atoms with Crippen molar-refractivity contribution >= 4 is 23.6 Å². The Kier molecular flexibility index (Phi) is 7.05. The molecule has 0 radical (unpaired) electrons. The molecule has 0 aliphatic carbocycles. The van der Waals surface area contributed by atoms with Crippen LogP contribution >= 0.6 is 0 Å². The standard InChI is InChI=1S/C16H23N3O4/c1-4-9-19(10-14(20)21)15(22)12-7-5-6-8-13(12)18-16(23)17-11(2)3/h5-8,11H,4,9-10H2,1-3H3,(H,20,21)(H2,17,18,23). The largest absolute Gasteiger partial charge is 0.480 e. The van der Waals surface area contributed by atoms with Gasteiger partial charge in [-0.05, 0) is 32.4 Å². The molecule has 0 aromatic heterocycles.